The van der Waals surface area contributed by atoms with Crippen LogP contribution in [0, 0.1) is 0 Å². The predicted octanol–water partition coefficient (Wildman–Crippen LogP) is 1.30. The molecule has 0 spiro atoms. The zero-order chi connectivity index (χ0) is 15.5. The molecule has 0 bridgehead atoms. The Morgan fingerprint density at radius 2 is 2.14 bits per heavy atom. The molecule has 1 saturated heterocycles. The van der Waals surface area contributed by atoms with Crippen molar-refractivity contribution in [3.63, 3.8) is 0 Å². The lowest BCUT2D eigenvalue weighted by Gasteiger charge is -2.28. The molecule has 1 aliphatic heterocycles. The number of hydrogen-bond donors (Lipinski definition) is 0. The Kier molecular flexibility index (Phi) is 4.24. The molecule has 0 radical (unpaired) electrons. The second kappa shape index (κ2) is 6.31. The largest absolute Gasteiger partial charge is 0.462 e. The fourth-order valence-corrected chi connectivity index (χ4v) is 2.57. The number of rotatable bonds is 4. The first-order valence-corrected chi connectivity index (χ1v) is 7.62. The van der Waals surface area contributed by atoms with Crippen molar-refractivity contribution in [1.82, 2.24) is 14.6 Å². The molecular weight excluding hydrogens is 284 g/mol. The van der Waals surface area contributed by atoms with E-state index in [-0.39, 0.29) is 5.97 Å². The maximum Gasteiger partial charge on any atom is 0.343 e. The van der Waals surface area contributed by atoms with Crippen molar-refractivity contribution in [3.05, 3.63) is 23.5 Å². The van der Waals surface area contributed by atoms with Gasteiger partial charge in [-0.05, 0) is 13.3 Å². The van der Waals surface area contributed by atoms with Crippen LogP contribution in [0.3, 0.4) is 0 Å². The minimum absolute atomic E-state index is 0.333. The van der Waals surface area contributed by atoms with Gasteiger partial charge in [0.15, 0.2) is 5.65 Å². The average molecular weight is 304 g/mol. The molecule has 0 amide bonds. The quantitative estimate of drug-likeness (QED) is 0.793. The van der Waals surface area contributed by atoms with E-state index in [1.807, 2.05) is 6.07 Å². The van der Waals surface area contributed by atoms with Crippen molar-refractivity contribution in [2.75, 3.05) is 37.8 Å². The maximum absolute atomic E-state index is 12.1. The lowest BCUT2D eigenvalue weighted by Crippen LogP contribution is -2.37. The van der Waals surface area contributed by atoms with Gasteiger partial charge in [-0.15, -0.1) is 0 Å². The fraction of sp³-hybridized carbons (Fsp3) is 0.533. The van der Waals surface area contributed by atoms with E-state index in [9.17, 15) is 4.79 Å². The second-order valence-corrected chi connectivity index (χ2v) is 5.07. The van der Waals surface area contributed by atoms with E-state index in [0.29, 0.717) is 31.0 Å². The van der Waals surface area contributed by atoms with Gasteiger partial charge in [-0.1, -0.05) is 6.92 Å². The zero-order valence-electron chi connectivity index (χ0n) is 12.9. The number of nitrogens with zero attached hydrogens (tertiary/aromatic N) is 4. The van der Waals surface area contributed by atoms with Gasteiger partial charge in [0.1, 0.15) is 11.4 Å². The van der Waals surface area contributed by atoms with Crippen LogP contribution in [0.2, 0.25) is 0 Å². The van der Waals surface area contributed by atoms with Gasteiger partial charge in [-0.25, -0.2) is 14.3 Å². The number of carbonyl (C=O) groups excluding carboxylic acids is 1. The van der Waals surface area contributed by atoms with Crippen molar-refractivity contribution in [3.8, 4) is 0 Å². The third kappa shape index (κ3) is 2.64. The number of aromatic nitrogens is 3. The molecule has 0 N–H and O–H groups in total. The minimum Gasteiger partial charge on any atom is -0.462 e. The molecule has 1 aliphatic rings. The normalized spacial score (nSPS) is 15.3. The number of carbonyl (C=O) groups is 1. The number of morpholine rings is 1. The Balaban J connectivity index is 2.06. The van der Waals surface area contributed by atoms with Crippen molar-refractivity contribution in [2.45, 2.75) is 20.3 Å². The highest BCUT2D eigenvalue weighted by molar-refractivity contribution is 5.95. The molecule has 7 nitrogen and oxygen atoms in total. The summed E-state index contributed by atoms with van der Waals surface area (Å²) in [6.07, 6.45) is 2.34. The molecule has 3 rings (SSSR count). The molecule has 3 heterocycles. The summed E-state index contributed by atoms with van der Waals surface area (Å²) in [6.45, 7) is 7.16. The molecule has 2 aromatic rings. The summed E-state index contributed by atoms with van der Waals surface area (Å²) in [4.78, 5) is 18.9. The van der Waals surface area contributed by atoms with Gasteiger partial charge >= 0.3 is 5.97 Å². The minimum atomic E-state index is -0.383. The Morgan fingerprint density at radius 1 is 1.36 bits per heavy atom. The van der Waals surface area contributed by atoms with Crippen molar-refractivity contribution in [1.29, 1.82) is 0 Å². The number of aryl methyl sites for hydroxylation is 1. The first kappa shape index (κ1) is 14.8. The third-order valence-corrected chi connectivity index (χ3v) is 3.72. The third-order valence-electron chi connectivity index (χ3n) is 3.72. The molecule has 0 aliphatic carbocycles. The smallest absolute Gasteiger partial charge is 0.343 e. The molecule has 1 fully saturated rings. The van der Waals surface area contributed by atoms with Crippen LogP contribution in [-0.4, -0.2) is 53.5 Å². The summed E-state index contributed by atoms with van der Waals surface area (Å²) in [5.74, 6) is 0.477. The van der Waals surface area contributed by atoms with E-state index < -0.39 is 0 Å². The summed E-state index contributed by atoms with van der Waals surface area (Å²) in [7, 11) is 0. The van der Waals surface area contributed by atoms with Crippen molar-refractivity contribution >= 4 is 17.4 Å². The lowest BCUT2D eigenvalue weighted by atomic mass is 10.2. The van der Waals surface area contributed by atoms with Gasteiger partial charge in [0.05, 0.1) is 26.0 Å². The number of fused-ring (bicyclic) bond motifs is 1. The molecule has 0 saturated carbocycles. The fourth-order valence-electron chi connectivity index (χ4n) is 2.57. The Hall–Kier alpha value is -2.15. The van der Waals surface area contributed by atoms with Gasteiger partial charge in [-0.2, -0.15) is 5.10 Å². The van der Waals surface area contributed by atoms with Gasteiger partial charge < -0.3 is 14.4 Å². The standard InChI is InChI=1S/C15H20N4O3/c1-3-11-9-13(18-5-7-21-8-6-18)17-14-12(10-16-19(11)14)15(20)22-4-2/h9-10H,3-8H2,1-2H3. The van der Waals surface area contributed by atoms with E-state index >= 15 is 0 Å². The number of esters is 1. The average Bonchev–Trinajstić information content (AvgIpc) is 2.99. The predicted molar refractivity (Wildman–Crippen MR) is 81.4 cm³/mol. The van der Waals surface area contributed by atoms with Crippen LogP contribution in [0.4, 0.5) is 5.82 Å². The van der Waals surface area contributed by atoms with Crippen LogP contribution in [0.15, 0.2) is 12.3 Å². The molecule has 118 valence electrons. The van der Waals surface area contributed by atoms with E-state index in [1.54, 1.807) is 11.4 Å². The van der Waals surface area contributed by atoms with E-state index in [4.69, 9.17) is 9.47 Å². The number of anilines is 1. The van der Waals surface area contributed by atoms with Crippen LogP contribution in [0.5, 0.6) is 0 Å². The molecule has 22 heavy (non-hydrogen) atoms. The zero-order valence-corrected chi connectivity index (χ0v) is 12.9. The highest BCUT2D eigenvalue weighted by atomic mass is 16.5. The molecule has 2 aromatic heterocycles. The number of ether oxygens (including phenoxy) is 2. The van der Waals surface area contributed by atoms with E-state index in [1.165, 1.54) is 6.20 Å². The summed E-state index contributed by atoms with van der Waals surface area (Å²) >= 11 is 0. The van der Waals surface area contributed by atoms with Crippen LogP contribution >= 0.6 is 0 Å². The molecule has 7 heteroatoms. The maximum atomic E-state index is 12.1. The number of hydrogen-bond acceptors (Lipinski definition) is 6. The molecular formula is C15H20N4O3. The second-order valence-electron chi connectivity index (χ2n) is 5.07. The molecule has 0 aromatic carbocycles. The Labute approximate surface area is 128 Å². The van der Waals surface area contributed by atoms with Crippen molar-refractivity contribution in [2.24, 2.45) is 0 Å². The lowest BCUT2D eigenvalue weighted by molar-refractivity contribution is 0.0528. The van der Waals surface area contributed by atoms with Crippen LogP contribution in [0.25, 0.3) is 5.65 Å². The first-order valence-electron chi connectivity index (χ1n) is 7.62. The van der Waals surface area contributed by atoms with Gasteiger partial charge in [0, 0.05) is 24.8 Å². The highest BCUT2D eigenvalue weighted by Gasteiger charge is 2.20. The van der Waals surface area contributed by atoms with E-state index in [0.717, 1.165) is 31.0 Å². The molecule has 0 atom stereocenters. The highest BCUT2D eigenvalue weighted by Crippen LogP contribution is 2.20. The van der Waals surface area contributed by atoms with Gasteiger partial charge in [-0.3, -0.25) is 0 Å². The monoisotopic (exact) mass is 304 g/mol. The topological polar surface area (TPSA) is 69.0 Å². The summed E-state index contributed by atoms with van der Waals surface area (Å²) in [5.41, 5.74) is 1.98. The van der Waals surface area contributed by atoms with Crippen molar-refractivity contribution < 1.29 is 14.3 Å². The Morgan fingerprint density at radius 3 is 2.82 bits per heavy atom. The summed E-state index contributed by atoms with van der Waals surface area (Å²) in [6, 6.07) is 2.03. The van der Waals surface area contributed by atoms with Gasteiger partial charge in [0.2, 0.25) is 0 Å². The first-order chi connectivity index (χ1) is 10.7. The summed E-state index contributed by atoms with van der Waals surface area (Å²) in [5, 5.41) is 4.29. The Bertz CT molecular complexity index is 677. The van der Waals surface area contributed by atoms with E-state index in [2.05, 4.69) is 21.9 Å². The van der Waals surface area contributed by atoms with Crippen LogP contribution < -0.4 is 4.90 Å². The SMILES string of the molecule is CCOC(=O)c1cnn2c(CC)cc(N3CCOCC3)nc12. The van der Waals surface area contributed by atoms with Crippen LogP contribution in [0.1, 0.15) is 29.9 Å². The van der Waals surface area contributed by atoms with Crippen LogP contribution in [-0.2, 0) is 15.9 Å². The van der Waals surface area contributed by atoms with Gasteiger partial charge in [0.25, 0.3) is 0 Å². The summed E-state index contributed by atoms with van der Waals surface area (Å²) < 4.78 is 12.2. The molecule has 0 unspecified atom stereocenters.